The minimum Gasteiger partial charge on any atom is -0.337 e. The predicted octanol–water partition coefficient (Wildman–Crippen LogP) is 1.80. The van der Waals surface area contributed by atoms with Crippen LogP contribution >= 0.6 is 0 Å². The highest BCUT2D eigenvalue weighted by Crippen LogP contribution is 2.32. The van der Waals surface area contributed by atoms with Crippen LogP contribution in [-0.2, 0) is 0 Å². The number of amides is 1. The van der Waals surface area contributed by atoms with Crippen molar-refractivity contribution in [1.29, 1.82) is 0 Å². The molecule has 0 spiro atoms. The van der Waals surface area contributed by atoms with E-state index in [2.05, 4.69) is 20.1 Å². The molecule has 1 N–H and O–H groups in total. The van der Waals surface area contributed by atoms with Gasteiger partial charge in [0.15, 0.2) is 0 Å². The third-order valence-electron chi connectivity index (χ3n) is 4.18. The Kier molecular flexibility index (Phi) is 3.85. The number of aromatic amines is 1. The van der Waals surface area contributed by atoms with Crippen molar-refractivity contribution >= 4 is 5.91 Å². The summed E-state index contributed by atoms with van der Waals surface area (Å²) in [7, 11) is 0. The molecule has 1 unspecified atom stereocenters. The summed E-state index contributed by atoms with van der Waals surface area (Å²) in [5.41, 5.74) is 0.310. The summed E-state index contributed by atoms with van der Waals surface area (Å²) >= 11 is 0. The molecule has 3 aromatic rings. The lowest BCUT2D eigenvalue weighted by Crippen LogP contribution is -2.34. The average molecular weight is 337 g/mol. The van der Waals surface area contributed by atoms with E-state index in [-0.39, 0.29) is 17.5 Å². The van der Waals surface area contributed by atoms with Gasteiger partial charge in [-0.3, -0.25) is 14.6 Å². The van der Waals surface area contributed by atoms with Crippen molar-refractivity contribution in [1.82, 2.24) is 25.0 Å². The molecule has 1 amide bonds. The van der Waals surface area contributed by atoms with Crippen molar-refractivity contribution in [2.75, 3.05) is 6.54 Å². The summed E-state index contributed by atoms with van der Waals surface area (Å²) in [5.74, 6) is 0.410. The fraction of sp³-hybridized carbons (Fsp3) is 0.235. The van der Waals surface area contributed by atoms with Crippen molar-refractivity contribution < 1.29 is 9.32 Å². The molecule has 4 rings (SSSR count). The maximum Gasteiger partial charge on any atom is 0.260 e. The Balaban J connectivity index is 1.62. The number of hydrogen-bond acceptors (Lipinski definition) is 6. The smallest absolute Gasteiger partial charge is 0.260 e. The molecule has 0 radical (unpaired) electrons. The standard InChI is InChI=1S/C17H15N5O3/c23-15-11(5-3-9-19-15)17(24)22-10-4-7-13(22)16-20-14(21-25-16)12-6-1-2-8-18-12/h1-3,5-6,8-9,13H,4,7,10H2,(H,19,23). The zero-order chi connectivity index (χ0) is 17.2. The number of aromatic nitrogens is 4. The molecule has 0 bridgehead atoms. The second-order valence-electron chi connectivity index (χ2n) is 5.74. The lowest BCUT2D eigenvalue weighted by Gasteiger charge is -2.21. The third-order valence-corrected chi connectivity index (χ3v) is 4.18. The van der Waals surface area contributed by atoms with Crippen LogP contribution in [-0.4, -0.2) is 37.5 Å². The molecule has 0 aliphatic carbocycles. The number of carbonyl (C=O) groups excluding carboxylic acids is 1. The van der Waals surface area contributed by atoms with Gasteiger partial charge >= 0.3 is 0 Å². The van der Waals surface area contributed by atoms with Gasteiger partial charge in [-0.15, -0.1) is 0 Å². The number of rotatable bonds is 3. The van der Waals surface area contributed by atoms with Gasteiger partial charge in [0.2, 0.25) is 11.7 Å². The number of hydrogen-bond donors (Lipinski definition) is 1. The lowest BCUT2D eigenvalue weighted by molar-refractivity contribution is 0.0708. The molecule has 1 aliphatic heterocycles. The van der Waals surface area contributed by atoms with Crippen LogP contribution in [0.25, 0.3) is 11.5 Å². The van der Waals surface area contributed by atoms with Crippen LogP contribution in [0.1, 0.15) is 35.1 Å². The molecule has 0 aromatic carbocycles. The minimum absolute atomic E-state index is 0.110. The van der Waals surface area contributed by atoms with E-state index in [1.54, 1.807) is 29.3 Å². The van der Waals surface area contributed by atoms with Crippen LogP contribution in [0.5, 0.6) is 0 Å². The Morgan fingerprint density at radius 1 is 1.28 bits per heavy atom. The zero-order valence-electron chi connectivity index (χ0n) is 13.3. The number of likely N-dealkylation sites (tertiary alicyclic amines) is 1. The minimum atomic E-state index is -0.405. The Labute approximate surface area is 142 Å². The molecule has 1 saturated heterocycles. The summed E-state index contributed by atoms with van der Waals surface area (Å²) in [4.78, 5) is 37.3. The van der Waals surface area contributed by atoms with Gasteiger partial charge in [-0.2, -0.15) is 4.98 Å². The van der Waals surface area contributed by atoms with Crippen LogP contribution in [0.3, 0.4) is 0 Å². The monoisotopic (exact) mass is 337 g/mol. The van der Waals surface area contributed by atoms with Crippen molar-refractivity contribution in [2.24, 2.45) is 0 Å². The molecule has 1 fully saturated rings. The summed E-state index contributed by atoms with van der Waals surface area (Å²) in [6.45, 7) is 0.541. The summed E-state index contributed by atoms with van der Waals surface area (Å²) in [6.07, 6.45) is 4.67. The highest BCUT2D eigenvalue weighted by molar-refractivity contribution is 5.94. The maximum absolute atomic E-state index is 12.7. The number of pyridine rings is 2. The highest BCUT2D eigenvalue weighted by atomic mass is 16.5. The molecule has 25 heavy (non-hydrogen) atoms. The van der Waals surface area contributed by atoms with Gasteiger partial charge < -0.3 is 14.4 Å². The van der Waals surface area contributed by atoms with Crippen LogP contribution in [0.4, 0.5) is 0 Å². The van der Waals surface area contributed by atoms with E-state index in [0.29, 0.717) is 30.4 Å². The van der Waals surface area contributed by atoms with E-state index in [4.69, 9.17) is 4.52 Å². The molecule has 3 aromatic heterocycles. The third kappa shape index (κ3) is 2.82. The fourth-order valence-electron chi connectivity index (χ4n) is 2.98. The Morgan fingerprint density at radius 3 is 3.00 bits per heavy atom. The van der Waals surface area contributed by atoms with Crippen molar-refractivity contribution in [2.45, 2.75) is 18.9 Å². The van der Waals surface area contributed by atoms with E-state index in [1.165, 1.54) is 12.3 Å². The molecule has 4 heterocycles. The normalized spacial score (nSPS) is 17.0. The SMILES string of the molecule is O=C(c1ccc[nH]c1=O)N1CCCC1c1nc(-c2ccccn2)no1. The van der Waals surface area contributed by atoms with E-state index < -0.39 is 5.56 Å². The molecule has 0 saturated carbocycles. The second kappa shape index (κ2) is 6.31. The van der Waals surface area contributed by atoms with Crippen LogP contribution in [0.2, 0.25) is 0 Å². The molecule has 126 valence electrons. The second-order valence-corrected chi connectivity index (χ2v) is 5.74. The van der Waals surface area contributed by atoms with Gasteiger partial charge in [0.1, 0.15) is 17.3 Å². The van der Waals surface area contributed by atoms with Crippen LogP contribution in [0.15, 0.2) is 52.0 Å². The van der Waals surface area contributed by atoms with E-state index in [1.807, 2.05) is 6.07 Å². The van der Waals surface area contributed by atoms with Crippen molar-refractivity contribution in [3.63, 3.8) is 0 Å². The number of H-pyrrole nitrogens is 1. The molecular formula is C17H15N5O3. The molecule has 8 nitrogen and oxygen atoms in total. The maximum atomic E-state index is 12.7. The first-order valence-corrected chi connectivity index (χ1v) is 7.98. The van der Waals surface area contributed by atoms with E-state index in [9.17, 15) is 9.59 Å². The first-order valence-electron chi connectivity index (χ1n) is 7.98. The summed E-state index contributed by atoms with van der Waals surface area (Å²) in [5, 5.41) is 3.96. The van der Waals surface area contributed by atoms with E-state index in [0.717, 1.165) is 6.42 Å². The quantitative estimate of drug-likeness (QED) is 0.781. The number of carbonyl (C=O) groups is 1. The van der Waals surface area contributed by atoms with Crippen LogP contribution in [0, 0.1) is 0 Å². The Morgan fingerprint density at radius 2 is 2.20 bits per heavy atom. The van der Waals surface area contributed by atoms with Crippen LogP contribution < -0.4 is 5.56 Å². The van der Waals surface area contributed by atoms with Gasteiger partial charge in [-0.25, -0.2) is 0 Å². The van der Waals surface area contributed by atoms with Gasteiger partial charge in [0.05, 0.1) is 0 Å². The number of nitrogens with one attached hydrogen (secondary N) is 1. The predicted molar refractivity (Wildman–Crippen MR) is 87.6 cm³/mol. The van der Waals surface area contributed by atoms with Gasteiger partial charge in [0, 0.05) is 18.9 Å². The largest absolute Gasteiger partial charge is 0.337 e. The molecule has 1 atom stereocenters. The van der Waals surface area contributed by atoms with Crippen molar-refractivity contribution in [3.05, 3.63) is 64.5 Å². The zero-order valence-corrected chi connectivity index (χ0v) is 13.3. The topological polar surface area (TPSA) is 105 Å². The summed E-state index contributed by atoms with van der Waals surface area (Å²) < 4.78 is 5.37. The van der Waals surface area contributed by atoms with Gasteiger partial charge in [-0.05, 0) is 37.1 Å². The van der Waals surface area contributed by atoms with E-state index >= 15 is 0 Å². The number of nitrogens with zero attached hydrogens (tertiary/aromatic N) is 4. The molecular weight excluding hydrogens is 322 g/mol. The Hall–Kier alpha value is -3.29. The lowest BCUT2D eigenvalue weighted by atomic mass is 10.2. The van der Waals surface area contributed by atoms with Crippen molar-refractivity contribution in [3.8, 4) is 11.5 Å². The fourth-order valence-corrected chi connectivity index (χ4v) is 2.98. The Bertz CT molecular complexity index is 950. The average Bonchev–Trinajstić information content (AvgIpc) is 3.31. The summed E-state index contributed by atoms with van der Waals surface area (Å²) in [6, 6.07) is 8.24. The molecule has 8 heteroatoms. The first kappa shape index (κ1) is 15.3. The highest BCUT2D eigenvalue weighted by Gasteiger charge is 2.35. The first-order chi connectivity index (χ1) is 12.2. The van der Waals surface area contributed by atoms with Gasteiger partial charge in [-0.1, -0.05) is 11.2 Å². The van der Waals surface area contributed by atoms with Gasteiger partial charge in [0.25, 0.3) is 11.5 Å². The molecule has 1 aliphatic rings.